The highest BCUT2D eigenvalue weighted by molar-refractivity contribution is 8.01. The Morgan fingerprint density at radius 1 is 1.50 bits per heavy atom. The Kier molecular flexibility index (Phi) is 2.13. The largest absolute Gasteiger partial charge is 0.301 e. The molecule has 0 bridgehead atoms. The Morgan fingerprint density at radius 2 is 2.25 bits per heavy atom. The molecule has 0 radical (unpaired) electrons. The summed E-state index contributed by atoms with van der Waals surface area (Å²) in [6.45, 7) is 5.81. The van der Waals surface area contributed by atoms with Gasteiger partial charge in [-0.15, -0.1) is 11.8 Å². The molecule has 3 atom stereocenters. The van der Waals surface area contributed by atoms with Crippen LogP contribution >= 0.6 is 11.8 Å². The minimum Gasteiger partial charge on any atom is -0.301 e. The Balaban J connectivity index is 2.05. The molecule has 2 nitrogen and oxygen atoms in total. The molecule has 0 amide bonds. The number of hydrogen-bond donors (Lipinski definition) is 1. The first-order valence-electron chi connectivity index (χ1n) is 4.73. The summed E-state index contributed by atoms with van der Waals surface area (Å²) in [6.07, 6.45) is 1.30. The van der Waals surface area contributed by atoms with Crippen LogP contribution in [0.3, 0.4) is 0 Å². The molecular weight excluding hydrogens is 168 g/mol. The third kappa shape index (κ3) is 1.38. The number of hydrogen-bond acceptors (Lipinski definition) is 3. The van der Waals surface area contributed by atoms with Crippen molar-refractivity contribution < 1.29 is 0 Å². The SMILES string of the molecule is CC1CSC2(CC(C)N(C)C2)N1. The topological polar surface area (TPSA) is 15.3 Å². The monoisotopic (exact) mass is 186 g/mol. The minimum atomic E-state index is 0.396. The van der Waals surface area contributed by atoms with E-state index in [0.717, 1.165) is 6.04 Å². The van der Waals surface area contributed by atoms with Crippen molar-refractivity contribution in [3.8, 4) is 0 Å². The third-order valence-electron chi connectivity index (χ3n) is 3.00. The number of likely N-dealkylation sites (tertiary alicyclic amines) is 1. The summed E-state index contributed by atoms with van der Waals surface area (Å²) < 4.78 is 0. The highest BCUT2D eigenvalue weighted by atomic mass is 32.2. The molecule has 1 spiro atoms. The summed E-state index contributed by atoms with van der Waals surface area (Å²) in [5.41, 5.74) is 0. The second-order valence-corrected chi connectivity index (χ2v) is 5.72. The van der Waals surface area contributed by atoms with E-state index >= 15 is 0 Å². The normalized spacial score (nSPS) is 49.2. The number of nitrogens with one attached hydrogen (secondary N) is 1. The van der Waals surface area contributed by atoms with Crippen molar-refractivity contribution in [2.24, 2.45) is 0 Å². The quantitative estimate of drug-likeness (QED) is 0.610. The van der Waals surface area contributed by atoms with Crippen molar-refractivity contribution in [1.82, 2.24) is 10.2 Å². The Bertz CT molecular complexity index is 173. The van der Waals surface area contributed by atoms with E-state index < -0.39 is 0 Å². The predicted octanol–water partition coefficient (Wildman–Crippen LogP) is 1.13. The van der Waals surface area contributed by atoms with Gasteiger partial charge in [-0.25, -0.2) is 0 Å². The van der Waals surface area contributed by atoms with E-state index in [1.54, 1.807) is 0 Å². The molecule has 0 aromatic carbocycles. The van der Waals surface area contributed by atoms with Crippen LogP contribution in [0.2, 0.25) is 0 Å². The summed E-state index contributed by atoms with van der Waals surface area (Å²) in [7, 11) is 2.23. The van der Waals surface area contributed by atoms with Gasteiger partial charge >= 0.3 is 0 Å². The molecule has 0 saturated carbocycles. The smallest absolute Gasteiger partial charge is 0.0791 e. The molecule has 0 aliphatic carbocycles. The van der Waals surface area contributed by atoms with Gasteiger partial charge in [0.05, 0.1) is 4.87 Å². The summed E-state index contributed by atoms with van der Waals surface area (Å²) in [6, 6.07) is 1.45. The van der Waals surface area contributed by atoms with Gasteiger partial charge < -0.3 is 4.90 Å². The van der Waals surface area contributed by atoms with E-state index in [2.05, 4.69) is 42.9 Å². The molecule has 2 aliphatic heterocycles. The Labute approximate surface area is 79.1 Å². The Morgan fingerprint density at radius 3 is 2.67 bits per heavy atom. The molecular formula is C9H18N2S. The summed E-state index contributed by atoms with van der Waals surface area (Å²) in [5, 5.41) is 3.71. The fourth-order valence-corrected chi connectivity index (χ4v) is 3.87. The van der Waals surface area contributed by atoms with Crippen LogP contribution in [-0.2, 0) is 0 Å². The fourth-order valence-electron chi connectivity index (χ4n) is 2.28. The van der Waals surface area contributed by atoms with Crippen molar-refractivity contribution >= 4 is 11.8 Å². The number of nitrogens with zero attached hydrogens (tertiary/aromatic N) is 1. The second-order valence-electron chi connectivity index (χ2n) is 4.32. The van der Waals surface area contributed by atoms with Crippen molar-refractivity contribution in [2.75, 3.05) is 19.3 Å². The van der Waals surface area contributed by atoms with Crippen LogP contribution < -0.4 is 5.32 Å². The standard InChI is InChI=1S/C9H18N2S/c1-7-5-12-9(10-7)4-8(2)11(3)6-9/h7-8,10H,4-6H2,1-3H3. The predicted molar refractivity (Wildman–Crippen MR) is 54.5 cm³/mol. The molecule has 3 unspecified atom stereocenters. The molecule has 2 saturated heterocycles. The molecule has 70 valence electrons. The van der Waals surface area contributed by atoms with Crippen molar-refractivity contribution in [1.29, 1.82) is 0 Å². The van der Waals surface area contributed by atoms with E-state index in [0.29, 0.717) is 10.9 Å². The zero-order chi connectivity index (χ0) is 8.77. The van der Waals surface area contributed by atoms with Crippen LogP contribution in [0.25, 0.3) is 0 Å². The first-order valence-corrected chi connectivity index (χ1v) is 5.72. The maximum atomic E-state index is 3.71. The lowest BCUT2D eigenvalue weighted by atomic mass is 10.1. The van der Waals surface area contributed by atoms with Crippen molar-refractivity contribution in [2.45, 2.75) is 37.2 Å². The van der Waals surface area contributed by atoms with Gasteiger partial charge in [0.2, 0.25) is 0 Å². The average molecular weight is 186 g/mol. The zero-order valence-electron chi connectivity index (χ0n) is 8.13. The van der Waals surface area contributed by atoms with Gasteiger partial charge in [0, 0.05) is 24.4 Å². The third-order valence-corrected chi connectivity index (χ3v) is 4.63. The number of likely N-dealkylation sites (N-methyl/N-ethyl adjacent to an activating group) is 1. The highest BCUT2D eigenvalue weighted by Gasteiger charge is 2.45. The molecule has 1 N–H and O–H groups in total. The summed E-state index contributed by atoms with van der Waals surface area (Å²) in [4.78, 5) is 2.85. The lowest BCUT2D eigenvalue weighted by Gasteiger charge is -2.22. The van der Waals surface area contributed by atoms with Gasteiger partial charge in [0.25, 0.3) is 0 Å². The van der Waals surface area contributed by atoms with Crippen molar-refractivity contribution in [3.63, 3.8) is 0 Å². The zero-order valence-corrected chi connectivity index (χ0v) is 8.95. The first-order chi connectivity index (χ1) is 5.61. The first kappa shape index (κ1) is 8.85. The van der Waals surface area contributed by atoms with Gasteiger partial charge in [-0.05, 0) is 27.3 Å². The molecule has 2 heterocycles. The highest BCUT2D eigenvalue weighted by Crippen LogP contribution is 2.40. The maximum absolute atomic E-state index is 3.71. The van der Waals surface area contributed by atoms with E-state index in [1.807, 2.05) is 0 Å². The molecule has 12 heavy (non-hydrogen) atoms. The van der Waals surface area contributed by atoms with Gasteiger partial charge in [-0.2, -0.15) is 0 Å². The van der Waals surface area contributed by atoms with Crippen LogP contribution in [0.4, 0.5) is 0 Å². The molecule has 2 fully saturated rings. The lowest BCUT2D eigenvalue weighted by molar-refractivity contribution is 0.324. The van der Waals surface area contributed by atoms with E-state index in [4.69, 9.17) is 0 Å². The van der Waals surface area contributed by atoms with Crippen LogP contribution in [0.1, 0.15) is 20.3 Å². The summed E-state index contributed by atoms with van der Waals surface area (Å²) in [5.74, 6) is 1.28. The number of thioether (sulfide) groups is 1. The maximum Gasteiger partial charge on any atom is 0.0791 e. The van der Waals surface area contributed by atoms with Gasteiger partial charge in [-0.3, -0.25) is 5.32 Å². The van der Waals surface area contributed by atoms with Crippen LogP contribution in [0.15, 0.2) is 0 Å². The molecule has 0 aromatic heterocycles. The van der Waals surface area contributed by atoms with E-state index in [-0.39, 0.29) is 0 Å². The fraction of sp³-hybridized carbons (Fsp3) is 1.00. The van der Waals surface area contributed by atoms with Gasteiger partial charge in [0.1, 0.15) is 0 Å². The number of rotatable bonds is 0. The van der Waals surface area contributed by atoms with Crippen LogP contribution in [0, 0.1) is 0 Å². The van der Waals surface area contributed by atoms with Gasteiger partial charge in [0.15, 0.2) is 0 Å². The lowest BCUT2D eigenvalue weighted by Crippen LogP contribution is -2.42. The van der Waals surface area contributed by atoms with E-state index in [9.17, 15) is 0 Å². The van der Waals surface area contributed by atoms with Crippen molar-refractivity contribution in [3.05, 3.63) is 0 Å². The van der Waals surface area contributed by atoms with Gasteiger partial charge in [-0.1, -0.05) is 0 Å². The molecule has 3 heteroatoms. The van der Waals surface area contributed by atoms with Crippen LogP contribution in [0.5, 0.6) is 0 Å². The molecule has 0 aromatic rings. The van der Waals surface area contributed by atoms with E-state index in [1.165, 1.54) is 18.7 Å². The minimum absolute atomic E-state index is 0.396. The second kappa shape index (κ2) is 2.89. The summed E-state index contributed by atoms with van der Waals surface area (Å²) >= 11 is 2.12. The average Bonchev–Trinajstić information content (AvgIpc) is 2.42. The molecule has 2 rings (SSSR count). The Hall–Kier alpha value is 0.270. The van der Waals surface area contributed by atoms with Crippen LogP contribution in [-0.4, -0.2) is 41.2 Å². The molecule has 2 aliphatic rings.